The van der Waals surface area contributed by atoms with Crippen LogP contribution in [0, 0.1) is 0 Å². The van der Waals surface area contributed by atoms with Crippen LogP contribution in [0.4, 0.5) is 11.4 Å². The summed E-state index contributed by atoms with van der Waals surface area (Å²) in [6.07, 6.45) is 1.61. The van der Waals surface area contributed by atoms with Crippen molar-refractivity contribution >= 4 is 23.7 Å². The van der Waals surface area contributed by atoms with Crippen molar-refractivity contribution in [2.45, 2.75) is 13.8 Å². The van der Waals surface area contributed by atoms with Gasteiger partial charge in [-0.2, -0.15) is 0 Å². The van der Waals surface area contributed by atoms with Crippen LogP contribution in [0.3, 0.4) is 0 Å². The Kier molecular flexibility index (Phi) is 6.32. The Morgan fingerprint density at radius 2 is 1.74 bits per heavy atom. The molecule has 0 fully saturated rings. The highest BCUT2D eigenvalue weighted by Crippen LogP contribution is 2.17. The van der Waals surface area contributed by atoms with Crippen LogP contribution in [-0.4, -0.2) is 25.5 Å². The molecular weight excluding hydrogens is 292 g/mol. The van der Waals surface area contributed by atoms with Crippen LogP contribution in [0.1, 0.15) is 24.2 Å². The third-order valence-electron chi connectivity index (χ3n) is 2.97. The third kappa shape index (κ3) is 4.93. The number of aliphatic imine (C=N–C) groups is 1. The monoisotopic (exact) mass is 312 g/mol. The molecule has 0 spiro atoms. The van der Waals surface area contributed by atoms with E-state index in [0.717, 1.165) is 11.4 Å². The SMILES string of the molecule is CCOC(=O)c1ccc(N(C=Nc2ccccc2)OCC)cc1. The van der Waals surface area contributed by atoms with Crippen molar-refractivity contribution in [3.05, 3.63) is 60.2 Å². The maximum absolute atomic E-state index is 11.7. The number of carbonyl (C=O) groups excluding carboxylic acids is 1. The fourth-order valence-corrected chi connectivity index (χ4v) is 1.91. The maximum atomic E-state index is 11.7. The van der Waals surface area contributed by atoms with Crippen molar-refractivity contribution in [3.8, 4) is 0 Å². The average Bonchev–Trinajstić information content (AvgIpc) is 2.60. The summed E-state index contributed by atoms with van der Waals surface area (Å²) in [5, 5.41) is 1.57. The quantitative estimate of drug-likeness (QED) is 0.336. The van der Waals surface area contributed by atoms with Crippen LogP contribution < -0.4 is 5.06 Å². The van der Waals surface area contributed by atoms with Crippen molar-refractivity contribution in [2.24, 2.45) is 4.99 Å². The van der Waals surface area contributed by atoms with Gasteiger partial charge in [0.2, 0.25) is 0 Å². The minimum atomic E-state index is -0.333. The van der Waals surface area contributed by atoms with Gasteiger partial charge in [0.25, 0.3) is 0 Å². The van der Waals surface area contributed by atoms with E-state index in [1.807, 2.05) is 37.3 Å². The molecule has 0 unspecified atom stereocenters. The molecule has 0 aliphatic rings. The number of benzene rings is 2. The van der Waals surface area contributed by atoms with E-state index in [4.69, 9.17) is 9.57 Å². The molecule has 0 aliphatic heterocycles. The first kappa shape index (κ1) is 16.7. The Hall–Kier alpha value is -2.66. The van der Waals surface area contributed by atoms with Gasteiger partial charge in [0.15, 0.2) is 0 Å². The van der Waals surface area contributed by atoms with Crippen LogP contribution in [0.2, 0.25) is 0 Å². The van der Waals surface area contributed by atoms with Crippen LogP contribution >= 0.6 is 0 Å². The summed E-state index contributed by atoms with van der Waals surface area (Å²) in [5.74, 6) is -0.333. The van der Waals surface area contributed by atoms with Gasteiger partial charge in [-0.15, -0.1) is 0 Å². The third-order valence-corrected chi connectivity index (χ3v) is 2.97. The van der Waals surface area contributed by atoms with Gasteiger partial charge in [-0.25, -0.2) is 14.9 Å². The molecule has 120 valence electrons. The second kappa shape index (κ2) is 8.70. The van der Waals surface area contributed by atoms with E-state index in [1.165, 1.54) is 0 Å². The van der Waals surface area contributed by atoms with E-state index < -0.39 is 0 Å². The Morgan fingerprint density at radius 1 is 1.04 bits per heavy atom. The van der Waals surface area contributed by atoms with Crippen molar-refractivity contribution in [2.75, 3.05) is 18.3 Å². The lowest BCUT2D eigenvalue weighted by Gasteiger charge is -2.18. The summed E-state index contributed by atoms with van der Waals surface area (Å²) < 4.78 is 4.97. The molecule has 2 aromatic rings. The Bertz CT molecular complexity index is 639. The number of carbonyl (C=O) groups is 1. The van der Waals surface area contributed by atoms with Crippen molar-refractivity contribution in [1.29, 1.82) is 0 Å². The molecule has 0 heterocycles. The zero-order chi connectivity index (χ0) is 16.5. The van der Waals surface area contributed by atoms with E-state index in [0.29, 0.717) is 18.8 Å². The summed E-state index contributed by atoms with van der Waals surface area (Å²) in [7, 11) is 0. The molecule has 0 saturated heterocycles. The van der Waals surface area contributed by atoms with Gasteiger partial charge >= 0.3 is 5.97 Å². The predicted molar refractivity (Wildman–Crippen MR) is 91.1 cm³/mol. The summed E-state index contributed by atoms with van der Waals surface area (Å²) in [4.78, 5) is 21.6. The second-order valence-electron chi connectivity index (χ2n) is 4.59. The molecule has 0 N–H and O–H groups in total. The predicted octanol–water partition coefficient (Wildman–Crippen LogP) is 3.98. The molecule has 0 saturated carbocycles. The van der Waals surface area contributed by atoms with Crippen molar-refractivity contribution < 1.29 is 14.4 Å². The van der Waals surface area contributed by atoms with Gasteiger partial charge in [0.05, 0.1) is 30.2 Å². The minimum Gasteiger partial charge on any atom is -0.462 e. The summed E-state index contributed by atoms with van der Waals surface area (Å²) in [5.41, 5.74) is 2.12. The number of hydrogen-bond acceptors (Lipinski definition) is 4. The van der Waals surface area contributed by atoms with E-state index in [9.17, 15) is 4.79 Å². The summed E-state index contributed by atoms with van der Waals surface area (Å²) >= 11 is 0. The number of rotatable bonds is 7. The first-order valence-electron chi connectivity index (χ1n) is 7.53. The molecule has 0 amide bonds. The molecular formula is C18H20N2O3. The van der Waals surface area contributed by atoms with Crippen LogP contribution in [-0.2, 0) is 9.57 Å². The second-order valence-corrected chi connectivity index (χ2v) is 4.59. The molecule has 0 bridgehead atoms. The van der Waals surface area contributed by atoms with E-state index >= 15 is 0 Å². The number of nitrogens with zero attached hydrogens (tertiary/aromatic N) is 2. The fourth-order valence-electron chi connectivity index (χ4n) is 1.91. The Morgan fingerprint density at radius 3 is 2.35 bits per heavy atom. The molecule has 5 nitrogen and oxygen atoms in total. The highest BCUT2D eigenvalue weighted by atomic mass is 16.7. The molecule has 23 heavy (non-hydrogen) atoms. The highest BCUT2D eigenvalue weighted by molar-refractivity contribution is 5.90. The number of anilines is 1. The number of hydroxylamine groups is 1. The van der Waals surface area contributed by atoms with Crippen LogP contribution in [0.15, 0.2) is 59.6 Å². The molecule has 2 aromatic carbocycles. The average molecular weight is 312 g/mol. The molecule has 0 aromatic heterocycles. The van der Waals surface area contributed by atoms with Gasteiger partial charge < -0.3 is 4.74 Å². The lowest BCUT2D eigenvalue weighted by Crippen LogP contribution is -2.21. The number of esters is 1. The normalized spacial score (nSPS) is 10.7. The maximum Gasteiger partial charge on any atom is 0.338 e. The lowest BCUT2D eigenvalue weighted by atomic mass is 10.2. The number of para-hydroxylation sites is 1. The fraction of sp³-hybridized carbons (Fsp3) is 0.222. The topological polar surface area (TPSA) is 51.1 Å². The van der Waals surface area contributed by atoms with Gasteiger partial charge in [-0.1, -0.05) is 18.2 Å². The van der Waals surface area contributed by atoms with Gasteiger partial charge in [0.1, 0.15) is 6.34 Å². The molecule has 0 aliphatic carbocycles. The van der Waals surface area contributed by atoms with Gasteiger partial charge in [0, 0.05) is 0 Å². The van der Waals surface area contributed by atoms with Crippen molar-refractivity contribution in [1.82, 2.24) is 0 Å². The first-order chi connectivity index (χ1) is 11.2. The Balaban J connectivity index is 2.14. The summed E-state index contributed by atoms with van der Waals surface area (Å²) in [6.45, 7) is 4.54. The molecule has 2 rings (SSSR count). The first-order valence-corrected chi connectivity index (χ1v) is 7.53. The molecule has 0 atom stereocenters. The van der Waals surface area contributed by atoms with Gasteiger partial charge in [-0.3, -0.25) is 4.84 Å². The van der Waals surface area contributed by atoms with E-state index in [1.54, 1.807) is 42.6 Å². The number of hydrogen-bond donors (Lipinski definition) is 0. The van der Waals surface area contributed by atoms with Crippen LogP contribution in [0.5, 0.6) is 0 Å². The zero-order valence-corrected chi connectivity index (χ0v) is 13.3. The largest absolute Gasteiger partial charge is 0.462 e. The summed E-state index contributed by atoms with van der Waals surface area (Å²) in [6, 6.07) is 16.6. The minimum absolute atomic E-state index is 0.333. The standard InChI is InChI=1S/C18H20N2O3/c1-3-22-18(21)15-10-12-17(13-11-15)20(23-4-2)14-19-16-8-6-5-7-9-16/h5-14H,3-4H2,1-2H3. The highest BCUT2D eigenvalue weighted by Gasteiger charge is 2.08. The van der Waals surface area contributed by atoms with Crippen LogP contribution in [0.25, 0.3) is 0 Å². The zero-order valence-electron chi connectivity index (χ0n) is 13.3. The molecule has 5 heteroatoms. The van der Waals surface area contributed by atoms with Crippen molar-refractivity contribution in [3.63, 3.8) is 0 Å². The smallest absolute Gasteiger partial charge is 0.338 e. The lowest BCUT2D eigenvalue weighted by molar-refractivity contribution is 0.0526. The Labute approximate surface area is 136 Å². The van der Waals surface area contributed by atoms with E-state index in [2.05, 4.69) is 4.99 Å². The number of ether oxygens (including phenoxy) is 1. The molecule has 0 radical (unpaired) electrons. The van der Waals surface area contributed by atoms with E-state index in [-0.39, 0.29) is 5.97 Å². The van der Waals surface area contributed by atoms with Gasteiger partial charge in [-0.05, 0) is 50.2 Å².